The quantitative estimate of drug-likeness (QED) is 0.877. The predicted molar refractivity (Wildman–Crippen MR) is 87.9 cm³/mol. The van der Waals surface area contributed by atoms with Gasteiger partial charge in [-0.1, -0.05) is 42.6 Å². The van der Waals surface area contributed by atoms with Crippen molar-refractivity contribution in [1.82, 2.24) is 5.32 Å². The topological polar surface area (TPSA) is 21.3 Å². The van der Waals surface area contributed by atoms with Gasteiger partial charge in [-0.25, -0.2) is 0 Å². The fourth-order valence-corrected chi connectivity index (χ4v) is 4.52. The molecule has 0 aromatic heterocycles. The zero-order valence-electron chi connectivity index (χ0n) is 13.1. The molecule has 1 aliphatic heterocycles. The molecule has 2 atom stereocenters. The minimum absolute atomic E-state index is 0.161. The van der Waals surface area contributed by atoms with Gasteiger partial charge in [0.2, 0.25) is 0 Å². The van der Waals surface area contributed by atoms with E-state index >= 15 is 0 Å². The average Bonchev–Trinajstić information content (AvgIpc) is 2.92. The molecule has 1 aromatic carbocycles. The van der Waals surface area contributed by atoms with Crippen molar-refractivity contribution < 1.29 is 4.74 Å². The van der Waals surface area contributed by atoms with Crippen LogP contribution in [0.25, 0.3) is 0 Å². The summed E-state index contributed by atoms with van der Waals surface area (Å²) in [4.78, 5) is 0. The Hall–Kier alpha value is -0.570. The fourth-order valence-electron chi connectivity index (χ4n) is 4.27. The molecule has 1 N–H and O–H groups in total. The van der Waals surface area contributed by atoms with E-state index in [1.807, 2.05) is 0 Å². The van der Waals surface area contributed by atoms with Gasteiger partial charge in [0.05, 0.1) is 5.60 Å². The van der Waals surface area contributed by atoms with Crippen LogP contribution < -0.4 is 5.32 Å². The van der Waals surface area contributed by atoms with E-state index in [-0.39, 0.29) is 5.60 Å². The maximum Gasteiger partial charge on any atom is 0.0686 e. The van der Waals surface area contributed by atoms with E-state index in [1.54, 1.807) is 0 Å². The molecule has 3 rings (SSSR count). The van der Waals surface area contributed by atoms with Gasteiger partial charge in [-0.05, 0) is 56.7 Å². The largest absolute Gasteiger partial charge is 0.375 e. The highest BCUT2D eigenvalue weighted by Crippen LogP contribution is 2.46. The molecule has 0 radical (unpaired) electrons. The van der Waals surface area contributed by atoms with Crippen molar-refractivity contribution in [3.05, 3.63) is 34.3 Å². The lowest BCUT2D eigenvalue weighted by atomic mass is 9.78. The maximum atomic E-state index is 6.57. The first-order valence-electron chi connectivity index (χ1n) is 8.21. The Labute approximate surface area is 133 Å². The molecule has 1 aliphatic carbocycles. The van der Waals surface area contributed by atoms with E-state index in [1.165, 1.54) is 37.7 Å². The standard InChI is InChI=1S/C18H26ClNO/c1-13-6-5-7-15(16(13)19)17(20-2)14-8-11-21-18(12-14)9-3-4-10-18/h5-7,14,17,20H,3-4,8-12H2,1-2H3. The summed E-state index contributed by atoms with van der Waals surface area (Å²) in [7, 11) is 2.06. The van der Waals surface area contributed by atoms with Crippen molar-refractivity contribution in [1.29, 1.82) is 0 Å². The van der Waals surface area contributed by atoms with Crippen LogP contribution in [0.15, 0.2) is 18.2 Å². The minimum atomic E-state index is 0.161. The molecule has 0 bridgehead atoms. The van der Waals surface area contributed by atoms with Crippen LogP contribution in [0.2, 0.25) is 5.02 Å². The van der Waals surface area contributed by atoms with Crippen molar-refractivity contribution in [2.24, 2.45) is 5.92 Å². The second kappa shape index (κ2) is 6.28. The van der Waals surface area contributed by atoms with Crippen molar-refractivity contribution in [3.8, 4) is 0 Å². The Kier molecular flexibility index (Phi) is 4.58. The van der Waals surface area contributed by atoms with Gasteiger partial charge in [-0.3, -0.25) is 0 Å². The average molecular weight is 308 g/mol. The molecule has 1 saturated heterocycles. The molecule has 0 amide bonds. The van der Waals surface area contributed by atoms with Gasteiger partial charge < -0.3 is 10.1 Å². The Bertz CT molecular complexity index is 496. The van der Waals surface area contributed by atoms with Gasteiger partial charge in [0.15, 0.2) is 0 Å². The zero-order chi connectivity index (χ0) is 14.9. The molecule has 2 fully saturated rings. The van der Waals surface area contributed by atoms with E-state index in [9.17, 15) is 0 Å². The van der Waals surface area contributed by atoms with Crippen LogP contribution in [0.4, 0.5) is 0 Å². The Balaban J connectivity index is 1.84. The van der Waals surface area contributed by atoms with Gasteiger partial charge in [0.25, 0.3) is 0 Å². The summed E-state index contributed by atoms with van der Waals surface area (Å²) in [5.74, 6) is 0.612. The molecule has 1 spiro atoms. The molecular weight excluding hydrogens is 282 g/mol. The molecule has 1 heterocycles. The van der Waals surface area contributed by atoms with E-state index < -0.39 is 0 Å². The fraction of sp³-hybridized carbons (Fsp3) is 0.667. The molecule has 2 unspecified atom stereocenters. The van der Waals surface area contributed by atoms with Crippen LogP contribution >= 0.6 is 11.6 Å². The first-order chi connectivity index (χ1) is 10.2. The molecule has 2 nitrogen and oxygen atoms in total. The van der Waals surface area contributed by atoms with Crippen molar-refractivity contribution in [2.75, 3.05) is 13.7 Å². The summed E-state index contributed by atoms with van der Waals surface area (Å²) in [6.45, 7) is 2.98. The maximum absolute atomic E-state index is 6.57. The normalized spacial score (nSPS) is 26.1. The number of hydrogen-bond donors (Lipinski definition) is 1. The monoisotopic (exact) mass is 307 g/mol. The van der Waals surface area contributed by atoms with Crippen molar-refractivity contribution in [3.63, 3.8) is 0 Å². The molecule has 3 heteroatoms. The zero-order valence-corrected chi connectivity index (χ0v) is 13.9. The lowest BCUT2D eigenvalue weighted by Gasteiger charge is -2.41. The number of hydrogen-bond acceptors (Lipinski definition) is 2. The molecule has 21 heavy (non-hydrogen) atoms. The number of halogens is 1. The molecule has 116 valence electrons. The first-order valence-corrected chi connectivity index (χ1v) is 8.59. The first kappa shape index (κ1) is 15.3. The Morgan fingerprint density at radius 3 is 2.81 bits per heavy atom. The predicted octanol–water partition coefficient (Wildman–Crippen LogP) is 4.65. The van der Waals surface area contributed by atoms with Crippen LogP contribution in [0, 0.1) is 12.8 Å². The van der Waals surface area contributed by atoms with Crippen molar-refractivity contribution in [2.45, 2.75) is 57.1 Å². The number of aryl methyl sites for hydroxylation is 1. The highest BCUT2D eigenvalue weighted by atomic mass is 35.5. The third-order valence-electron chi connectivity index (χ3n) is 5.39. The minimum Gasteiger partial charge on any atom is -0.375 e. The van der Waals surface area contributed by atoms with E-state index in [0.717, 1.165) is 23.6 Å². The lowest BCUT2D eigenvalue weighted by Crippen LogP contribution is -2.41. The second-order valence-electron chi connectivity index (χ2n) is 6.74. The van der Waals surface area contributed by atoms with Gasteiger partial charge >= 0.3 is 0 Å². The highest BCUT2D eigenvalue weighted by molar-refractivity contribution is 6.32. The summed E-state index contributed by atoms with van der Waals surface area (Å²) in [6.07, 6.45) is 7.41. The van der Waals surface area contributed by atoms with E-state index in [0.29, 0.717) is 12.0 Å². The van der Waals surface area contributed by atoms with Crippen LogP contribution in [0.3, 0.4) is 0 Å². The summed E-state index contributed by atoms with van der Waals surface area (Å²) < 4.78 is 6.18. The molecule has 1 aromatic rings. The van der Waals surface area contributed by atoms with Gasteiger partial charge in [-0.15, -0.1) is 0 Å². The third-order valence-corrected chi connectivity index (χ3v) is 5.90. The van der Waals surface area contributed by atoms with E-state index in [4.69, 9.17) is 16.3 Å². The number of ether oxygens (including phenoxy) is 1. The van der Waals surface area contributed by atoms with Crippen molar-refractivity contribution >= 4 is 11.6 Å². The van der Waals surface area contributed by atoms with Crippen LogP contribution in [-0.2, 0) is 4.74 Å². The Morgan fingerprint density at radius 2 is 2.10 bits per heavy atom. The smallest absolute Gasteiger partial charge is 0.0686 e. The molecular formula is C18H26ClNO. The summed E-state index contributed by atoms with van der Waals surface area (Å²) in [5.41, 5.74) is 2.57. The van der Waals surface area contributed by atoms with Gasteiger partial charge in [-0.2, -0.15) is 0 Å². The lowest BCUT2D eigenvalue weighted by molar-refractivity contribution is -0.0978. The second-order valence-corrected chi connectivity index (χ2v) is 7.11. The van der Waals surface area contributed by atoms with E-state index in [2.05, 4.69) is 37.5 Å². The third kappa shape index (κ3) is 2.99. The summed E-state index contributed by atoms with van der Waals surface area (Å²) in [5, 5.41) is 4.44. The van der Waals surface area contributed by atoms with Gasteiger partial charge in [0.1, 0.15) is 0 Å². The van der Waals surface area contributed by atoms with Gasteiger partial charge in [0, 0.05) is 17.7 Å². The number of benzene rings is 1. The van der Waals surface area contributed by atoms with Crippen LogP contribution in [0.1, 0.15) is 55.7 Å². The Morgan fingerprint density at radius 1 is 1.33 bits per heavy atom. The summed E-state index contributed by atoms with van der Waals surface area (Å²) in [6, 6.07) is 6.71. The number of nitrogens with one attached hydrogen (secondary N) is 1. The molecule has 1 saturated carbocycles. The SMILES string of the molecule is CNC(c1cccc(C)c1Cl)C1CCOC2(CCCC2)C1. The molecule has 2 aliphatic rings. The number of rotatable bonds is 3. The summed E-state index contributed by atoms with van der Waals surface area (Å²) >= 11 is 6.57. The van der Waals surface area contributed by atoms with Crippen LogP contribution in [0.5, 0.6) is 0 Å². The van der Waals surface area contributed by atoms with Crippen LogP contribution in [-0.4, -0.2) is 19.3 Å². The highest BCUT2D eigenvalue weighted by Gasteiger charge is 2.42.